The lowest BCUT2D eigenvalue weighted by Gasteiger charge is -2.25. The Morgan fingerprint density at radius 3 is 2.96 bits per heavy atom. The van der Waals surface area contributed by atoms with Crippen LogP contribution in [-0.4, -0.2) is 39.2 Å². The van der Waals surface area contributed by atoms with Gasteiger partial charge in [0, 0.05) is 36.1 Å². The van der Waals surface area contributed by atoms with Gasteiger partial charge in [0.05, 0.1) is 17.6 Å². The molecule has 2 heterocycles. The Hall–Kier alpha value is -2.74. The highest BCUT2D eigenvalue weighted by Gasteiger charge is 2.25. The summed E-state index contributed by atoms with van der Waals surface area (Å²) in [5.41, 5.74) is 1.49. The number of nitrogens with zero attached hydrogens (tertiary/aromatic N) is 4. The maximum atomic E-state index is 11.0. The van der Waals surface area contributed by atoms with Crippen LogP contribution < -0.4 is 10.2 Å². The highest BCUT2D eigenvalue weighted by Crippen LogP contribution is 2.27. The Morgan fingerprint density at radius 1 is 1.38 bits per heavy atom. The number of nitro benzene ring substituents is 1. The fourth-order valence-corrected chi connectivity index (χ4v) is 3.22. The Kier molecular flexibility index (Phi) is 5.62. The van der Waals surface area contributed by atoms with Gasteiger partial charge in [-0.15, -0.1) is 0 Å². The molecule has 0 radical (unpaired) electrons. The first kappa shape index (κ1) is 18.1. The van der Waals surface area contributed by atoms with Crippen molar-refractivity contribution in [3.05, 3.63) is 46.1 Å². The van der Waals surface area contributed by atoms with Crippen molar-refractivity contribution in [1.29, 1.82) is 0 Å². The van der Waals surface area contributed by atoms with E-state index < -0.39 is 4.92 Å². The van der Waals surface area contributed by atoms with Gasteiger partial charge in [-0.1, -0.05) is 19.4 Å². The SMILES string of the molecule is CCCc1cc(N2CCCC2CO)nc(Nc2cccc([N+](=O)[O-])c2)n1. The molecular weight excluding hydrogens is 334 g/mol. The van der Waals surface area contributed by atoms with Crippen molar-refractivity contribution in [3.8, 4) is 0 Å². The number of aryl methyl sites for hydroxylation is 1. The van der Waals surface area contributed by atoms with Crippen molar-refractivity contribution in [2.45, 2.75) is 38.6 Å². The summed E-state index contributed by atoms with van der Waals surface area (Å²) in [4.78, 5) is 21.8. The zero-order valence-electron chi connectivity index (χ0n) is 14.8. The molecule has 8 heteroatoms. The summed E-state index contributed by atoms with van der Waals surface area (Å²) in [6.45, 7) is 3.03. The quantitative estimate of drug-likeness (QED) is 0.579. The first-order valence-electron chi connectivity index (χ1n) is 8.87. The normalized spacial score (nSPS) is 16.7. The highest BCUT2D eigenvalue weighted by atomic mass is 16.6. The molecule has 1 unspecified atom stereocenters. The molecule has 1 aliphatic rings. The average Bonchev–Trinajstić information content (AvgIpc) is 3.11. The fraction of sp³-hybridized carbons (Fsp3) is 0.444. The number of aliphatic hydroxyl groups is 1. The minimum atomic E-state index is -0.430. The zero-order valence-corrected chi connectivity index (χ0v) is 14.8. The average molecular weight is 357 g/mol. The molecule has 0 bridgehead atoms. The monoisotopic (exact) mass is 357 g/mol. The maximum absolute atomic E-state index is 11.0. The van der Waals surface area contributed by atoms with Crippen LogP contribution in [0.1, 0.15) is 31.9 Å². The largest absolute Gasteiger partial charge is 0.394 e. The third-order valence-electron chi connectivity index (χ3n) is 4.47. The minimum absolute atomic E-state index is 0.0137. The van der Waals surface area contributed by atoms with E-state index in [9.17, 15) is 15.2 Å². The summed E-state index contributed by atoms with van der Waals surface area (Å²) in [6, 6.07) is 8.32. The van der Waals surface area contributed by atoms with E-state index in [1.165, 1.54) is 12.1 Å². The molecule has 0 amide bonds. The molecule has 26 heavy (non-hydrogen) atoms. The van der Waals surface area contributed by atoms with E-state index in [1.54, 1.807) is 12.1 Å². The molecule has 138 valence electrons. The molecule has 2 aromatic rings. The van der Waals surface area contributed by atoms with Crippen LogP contribution in [-0.2, 0) is 6.42 Å². The van der Waals surface area contributed by atoms with Gasteiger partial charge in [-0.25, -0.2) is 4.98 Å². The van der Waals surface area contributed by atoms with Crippen LogP contribution in [0.15, 0.2) is 30.3 Å². The van der Waals surface area contributed by atoms with Crippen molar-refractivity contribution in [3.63, 3.8) is 0 Å². The van der Waals surface area contributed by atoms with Crippen molar-refractivity contribution < 1.29 is 10.0 Å². The van der Waals surface area contributed by atoms with Gasteiger partial charge in [0.2, 0.25) is 5.95 Å². The van der Waals surface area contributed by atoms with E-state index in [0.717, 1.165) is 43.7 Å². The van der Waals surface area contributed by atoms with Crippen LogP contribution in [0.3, 0.4) is 0 Å². The number of nitrogens with one attached hydrogen (secondary N) is 1. The van der Waals surface area contributed by atoms with Crippen LogP contribution in [0.5, 0.6) is 0 Å². The molecule has 1 saturated heterocycles. The second kappa shape index (κ2) is 8.09. The number of nitro groups is 1. The number of non-ortho nitro benzene ring substituents is 1. The summed E-state index contributed by atoms with van der Waals surface area (Å²) < 4.78 is 0. The lowest BCUT2D eigenvalue weighted by molar-refractivity contribution is -0.384. The summed E-state index contributed by atoms with van der Waals surface area (Å²) in [7, 11) is 0. The second-order valence-electron chi connectivity index (χ2n) is 6.40. The Balaban J connectivity index is 1.91. The second-order valence-corrected chi connectivity index (χ2v) is 6.40. The molecule has 1 atom stereocenters. The van der Waals surface area contributed by atoms with Crippen LogP contribution >= 0.6 is 0 Å². The van der Waals surface area contributed by atoms with Crippen molar-refractivity contribution in [2.75, 3.05) is 23.4 Å². The minimum Gasteiger partial charge on any atom is -0.394 e. The number of benzene rings is 1. The molecule has 2 N–H and O–H groups in total. The highest BCUT2D eigenvalue weighted by molar-refractivity contribution is 5.59. The molecule has 3 rings (SSSR count). The summed E-state index contributed by atoms with van der Waals surface area (Å²) in [5.74, 6) is 1.20. The Morgan fingerprint density at radius 2 is 2.23 bits per heavy atom. The predicted octanol–water partition coefficient (Wildman–Crippen LogP) is 3.04. The standard InChI is InChI=1S/C18H23N5O3/c1-2-5-13-11-17(22-9-4-8-16(22)12-24)21-18(19-13)20-14-6-3-7-15(10-14)23(25)26/h3,6-7,10-11,16,24H,2,4-5,8-9,12H2,1H3,(H,19,20,21). The van der Waals surface area contributed by atoms with Gasteiger partial charge in [-0.2, -0.15) is 4.98 Å². The third-order valence-corrected chi connectivity index (χ3v) is 4.47. The lowest BCUT2D eigenvalue weighted by Crippen LogP contribution is -2.33. The van der Waals surface area contributed by atoms with Crippen LogP contribution in [0.2, 0.25) is 0 Å². The van der Waals surface area contributed by atoms with E-state index in [2.05, 4.69) is 27.1 Å². The lowest BCUT2D eigenvalue weighted by atomic mass is 10.2. The van der Waals surface area contributed by atoms with Crippen LogP contribution in [0, 0.1) is 10.1 Å². The van der Waals surface area contributed by atoms with Gasteiger partial charge in [0.25, 0.3) is 5.69 Å². The van der Waals surface area contributed by atoms with Crippen molar-refractivity contribution in [2.24, 2.45) is 0 Å². The van der Waals surface area contributed by atoms with E-state index in [-0.39, 0.29) is 18.3 Å². The number of hydrogen-bond acceptors (Lipinski definition) is 7. The Bertz CT molecular complexity index is 783. The Labute approximate surface area is 152 Å². The molecule has 1 aromatic heterocycles. The number of aliphatic hydroxyl groups excluding tert-OH is 1. The molecule has 8 nitrogen and oxygen atoms in total. The number of hydrogen-bond donors (Lipinski definition) is 2. The van der Waals surface area contributed by atoms with E-state index in [4.69, 9.17) is 0 Å². The van der Waals surface area contributed by atoms with Gasteiger partial charge >= 0.3 is 0 Å². The van der Waals surface area contributed by atoms with Gasteiger partial charge < -0.3 is 15.3 Å². The smallest absolute Gasteiger partial charge is 0.271 e. The van der Waals surface area contributed by atoms with E-state index >= 15 is 0 Å². The first-order chi connectivity index (χ1) is 12.6. The van der Waals surface area contributed by atoms with Gasteiger partial charge in [-0.05, 0) is 25.3 Å². The molecule has 1 fully saturated rings. The fourth-order valence-electron chi connectivity index (χ4n) is 3.22. The van der Waals surface area contributed by atoms with Crippen molar-refractivity contribution >= 4 is 23.1 Å². The topological polar surface area (TPSA) is 104 Å². The van der Waals surface area contributed by atoms with Gasteiger partial charge in [-0.3, -0.25) is 10.1 Å². The van der Waals surface area contributed by atoms with Crippen LogP contribution in [0.25, 0.3) is 0 Å². The summed E-state index contributed by atoms with van der Waals surface area (Å²) in [6.07, 6.45) is 3.73. The molecule has 1 aliphatic heterocycles. The third kappa shape index (κ3) is 4.08. The van der Waals surface area contributed by atoms with E-state index in [1.807, 2.05) is 6.07 Å². The van der Waals surface area contributed by atoms with Crippen LogP contribution in [0.4, 0.5) is 23.1 Å². The summed E-state index contributed by atoms with van der Waals surface area (Å²) >= 11 is 0. The number of aromatic nitrogens is 2. The van der Waals surface area contributed by atoms with E-state index in [0.29, 0.717) is 11.6 Å². The predicted molar refractivity (Wildman–Crippen MR) is 99.9 cm³/mol. The number of anilines is 3. The van der Waals surface area contributed by atoms with Gasteiger partial charge in [0.1, 0.15) is 5.82 Å². The van der Waals surface area contributed by atoms with Crippen molar-refractivity contribution in [1.82, 2.24) is 9.97 Å². The number of rotatable bonds is 7. The first-order valence-corrected chi connectivity index (χ1v) is 8.87. The maximum Gasteiger partial charge on any atom is 0.271 e. The molecule has 1 aromatic carbocycles. The molecular formula is C18H23N5O3. The molecule has 0 spiro atoms. The molecule has 0 aliphatic carbocycles. The van der Waals surface area contributed by atoms with Gasteiger partial charge in [0.15, 0.2) is 0 Å². The molecule has 0 saturated carbocycles. The summed E-state index contributed by atoms with van der Waals surface area (Å²) in [5, 5.41) is 23.6. The zero-order chi connectivity index (χ0) is 18.5.